The minimum atomic E-state index is 0.0749. The Labute approximate surface area is 168 Å². The average molecular weight is 404 g/mol. The standard InChI is InChI=1S/C19H25N5O3S/c1-2-24-17(15-7-4-12-27-15)20-21-19(24)28-13-16(25)22-8-10-23(11-9-22)18(26)14-5-3-6-14/h4,7,12,14H,2-3,5-6,8-11,13H2,1H3. The lowest BCUT2D eigenvalue weighted by Gasteiger charge is -2.38. The van der Waals surface area contributed by atoms with Crippen molar-refractivity contribution in [3.63, 3.8) is 0 Å². The second-order valence-corrected chi connectivity index (χ2v) is 8.09. The van der Waals surface area contributed by atoms with E-state index >= 15 is 0 Å². The van der Waals surface area contributed by atoms with Crippen LogP contribution in [0.4, 0.5) is 0 Å². The SMILES string of the molecule is CCn1c(SCC(=O)N2CCN(C(=O)C3CCC3)CC2)nnc1-c1ccco1. The molecule has 2 aromatic heterocycles. The van der Waals surface area contributed by atoms with Crippen molar-refractivity contribution in [3.8, 4) is 11.6 Å². The lowest BCUT2D eigenvalue weighted by atomic mass is 9.84. The third kappa shape index (κ3) is 3.80. The number of carbonyl (C=O) groups excluding carboxylic acids is 2. The summed E-state index contributed by atoms with van der Waals surface area (Å²) in [5.41, 5.74) is 0. The number of nitrogens with zero attached hydrogens (tertiary/aromatic N) is 5. The molecule has 0 unspecified atom stereocenters. The summed E-state index contributed by atoms with van der Waals surface area (Å²) in [5.74, 6) is 2.22. The van der Waals surface area contributed by atoms with Crippen LogP contribution in [0, 0.1) is 5.92 Å². The van der Waals surface area contributed by atoms with Crippen molar-refractivity contribution < 1.29 is 14.0 Å². The van der Waals surface area contributed by atoms with Gasteiger partial charge in [0.15, 0.2) is 16.7 Å². The van der Waals surface area contributed by atoms with E-state index in [1.807, 2.05) is 33.4 Å². The molecule has 3 heterocycles. The summed E-state index contributed by atoms with van der Waals surface area (Å²) >= 11 is 1.39. The zero-order chi connectivity index (χ0) is 19.5. The van der Waals surface area contributed by atoms with Gasteiger partial charge in [-0.2, -0.15) is 0 Å². The van der Waals surface area contributed by atoms with E-state index < -0.39 is 0 Å². The molecule has 8 nitrogen and oxygen atoms in total. The molecule has 0 N–H and O–H groups in total. The highest BCUT2D eigenvalue weighted by molar-refractivity contribution is 7.99. The summed E-state index contributed by atoms with van der Waals surface area (Å²) in [6.07, 6.45) is 4.81. The topological polar surface area (TPSA) is 84.5 Å². The molecule has 2 aliphatic rings. The quantitative estimate of drug-likeness (QED) is 0.687. The molecular formula is C19H25N5O3S. The third-order valence-electron chi connectivity index (χ3n) is 5.50. The number of hydrogen-bond acceptors (Lipinski definition) is 6. The van der Waals surface area contributed by atoms with Crippen molar-refractivity contribution in [1.82, 2.24) is 24.6 Å². The summed E-state index contributed by atoms with van der Waals surface area (Å²) in [5, 5.41) is 9.14. The molecule has 9 heteroatoms. The molecule has 2 aromatic rings. The van der Waals surface area contributed by atoms with E-state index in [-0.39, 0.29) is 17.7 Å². The Morgan fingerprint density at radius 2 is 1.93 bits per heavy atom. The highest BCUT2D eigenvalue weighted by Gasteiger charge is 2.32. The van der Waals surface area contributed by atoms with Crippen LogP contribution in [0.15, 0.2) is 28.0 Å². The molecule has 2 amide bonds. The number of aromatic nitrogens is 3. The normalized spacial score (nSPS) is 17.6. The van der Waals surface area contributed by atoms with Crippen molar-refractivity contribution in [2.75, 3.05) is 31.9 Å². The van der Waals surface area contributed by atoms with Crippen LogP contribution in [0.1, 0.15) is 26.2 Å². The van der Waals surface area contributed by atoms with Crippen LogP contribution in [0.25, 0.3) is 11.6 Å². The minimum Gasteiger partial charge on any atom is -0.461 e. The van der Waals surface area contributed by atoms with Gasteiger partial charge in [0.2, 0.25) is 11.8 Å². The number of carbonyl (C=O) groups is 2. The first-order valence-electron chi connectivity index (χ1n) is 9.83. The number of hydrogen-bond donors (Lipinski definition) is 0. The molecule has 1 aliphatic carbocycles. The van der Waals surface area contributed by atoms with E-state index in [4.69, 9.17) is 4.42 Å². The van der Waals surface area contributed by atoms with Gasteiger partial charge in [0.25, 0.3) is 0 Å². The number of amides is 2. The number of thioether (sulfide) groups is 1. The molecule has 0 atom stereocenters. The Morgan fingerprint density at radius 3 is 2.54 bits per heavy atom. The molecular weight excluding hydrogens is 378 g/mol. The monoisotopic (exact) mass is 403 g/mol. The van der Waals surface area contributed by atoms with Gasteiger partial charge in [-0.25, -0.2) is 0 Å². The molecule has 1 aliphatic heterocycles. The molecule has 150 valence electrons. The zero-order valence-electron chi connectivity index (χ0n) is 16.0. The smallest absolute Gasteiger partial charge is 0.233 e. The lowest BCUT2D eigenvalue weighted by molar-refractivity contribution is -0.143. The maximum absolute atomic E-state index is 12.6. The summed E-state index contributed by atoms with van der Waals surface area (Å²) in [7, 11) is 0. The summed E-state index contributed by atoms with van der Waals surface area (Å²) in [6, 6.07) is 3.66. The second kappa shape index (κ2) is 8.38. The van der Waals surface area contributed by atoms with Gasteiger partial charge in [0, 0.05) is 38.6 Å². The summed E-state index contributed by atoms with van der Waals surface area (Å²) in [6.45, 7) is 5.20. The molecule has 2 fully saturated rings. The predicted molar refractivity (Wildman–Crippen MR) is 105 cm³/mol. The Bertz CT molecular complexity index is 823. The molecule has 0 aromatic carbocycles. The highest BCUT2D eigenvalue weighted by Crippen LogP contribution is 2.29. The average Bonchev–Trinajstić information content (AvgIpc) is 3.33. The third-order valence-corrected chi connectivity index (χ3v) is 6.45. The molecule has 28 heavy (non-hydrogen) atoms. The number of piperazine rings is 1. The van der Waals surface area contributed by atoms with Crippen molar-refractivity contribution in [2.24, 2.45) is 5.92 Å². The van der Waals surface area contributed by atoms with Crippen molar-refractivity contribution in [1.29, 1.82) is 0 Å². The van der Waals surface area contributed by atoms with E-state index in [1.165, 1.54) is 11.8 Å². The van der Waals surface area contributed by atoms with Crippen LogP contribution in [-0.2, 0) is 16.1 Å². The van der Waals surface area contributed by atoms with Gasteiger partial charge in [-0.1, -0.05) is 18.2 Å². The molecule has 1 saturated carbocycles. The van der Waals surface area contributed by atoms with E-state index in [0.29, 0.717) is 55.2 Å². The van der Waals surface area contributed by atoms with Crippen molar-refractivity contribution in [3.05, 3.63) is 18.4 Å². The van der Waals surface area contributed by atoms with Gasteiger partial charge in [-0.3, -0.25) is 14.2 Å². The van der Waals surface area contributed by atoms with E-state index in [2.05, 4.69) is 10.2 Å². The van der Waals surface area contributed by atoms with Gasteiger partial charge >= 0.3 is 0 Å². The fraction of sp³-hybridized carbons (Fsp3) is 0.579. The predicted octanol–water partition coefficient (Wildman–Crippen LogP) is 2.12. The minimum absolute atomic E-state index is 0.0749. The first-order valence-corrected chi connectivity index (χ1v) is 10.8. The van der Waals surface area contributed by atoms with E-state index in [0.717, 1.165) is 19.3 Å². The molecule has 0 radical (unpaired) electrons. The van der Waals surface area contributed by atoms with Crippen molar-refractivity contribution >= 4 is 23.6 Å². The van der Waals surface area contributed by atoms with E-state index in [9.17, 15) is 9.59 Å². The van der Waals surface area contributed by atoms with Crippen LogP contribution in [0.5, 0.6) is 0 Å². The first kappa shape index (κ1) is 19.0. The van der Waals surface area contributed by atoms with Crippen LogP contribution >= 0.6 is 11.8 Å². The van der Waals surface area contributed by atoms with Crippen molar-refractivity contribution in [2.45, 2.75) is 37.9 Å². The van der Waals surface area contributed by atoms with Gasteiger partial charge in [0.1, 0.15) is 0 Å². The maximum Gasteiger partial charge on any atom is 0.233 e. The van der Waals surface area contributed by atoms with Gasteiger partial charge in [0.05, 0.1) is 12.0 Å². The molecule has 4 rings (SSSR count). The Balaban J connectivity index is 1.30. The van der Waals surface area contributed by atoms with E-state index in [1.54, 1.807) is 6.26 Å². The Kier molecular flexibility index (Phi) is 5.70. The highest BCUT2D eigenvalue weighted by atomic mass is 32.2. The van der Waals surface area contributed by atoms with Crippen LogP contribution in [0.2, 0.25) is 0 Å². The van der Waals surface area contributed by atoms with Gasteiger partial charge in [-0.15, -0.1) is 10.2 Å². The fourth-order valence-corrected chi connectivity index (χ4v) is 4.48. The lowest BCUT2D eigenvalue weighted by Crippen LogP contribution is -2.53. The first-order chi connectivity index (χ1) is 13.7. The Morgan fingerprint density at radius 1 is 1.18 bits per heavy atom. The number of rotatable bonds is 6. The Hall–Kier alpha value is -2.29. The summed E-state index contributed by atoms with van der Waals surface area (Å²) in [4.78, 5) is 28.7. The molecule has 0 bridgehead atoms. The van der Waals surface area contributed by atoms with Crippen LogP contribution in [-0.4, -0.2) is 68.3 Å². The largest absolute Gasteiger partial charge is 0.461 e. The molecule has 1 saturated heterocycles. The summed E-state index contributed by atoms with van der Waals surface area (Å²) < 4.78 is 7.36. The zero-order valence-corrected chi connectivity index (χ0v) is 16.9. The van der Waals surface area contributed by atoms with Crippen LogP contribution in [0.3, 0.4) is 0 Å². The number of furan rings is 1. The second-order valence-electron chi connectivity index (χ2n) is 7.15. The van der Waals surface area contributed by atoms with Gasteiger partial charge in [-0.05, 0) is 31.9 Å². The van der Waals surface area contributed by atoms with Gasteiger partial charge < -0.3 is 14.2 Å². The molecule has 0 spiro atoms. The maximum atomic E-state index is 12.6. The fourth-order valence-electron chi connectivity index (χ4n) is 3.58. The van der Waals surface area contributed by atoms with Crippen LogP contribution < -0.4 is 0 Å².